The molecule has 0 N–H and O–H groups in total. The molecule has 6 aromatic carbocycles. The molecule has 0 atom stereocenters. The first kappa shape index (κ1) is 32.3. The summed E-state index contributed by atoms with van der Waals surface area (Å²) in [5, 5.41) is 4.03. The minimum absolute atomic E-state index is 0.671. The van der Waals surface area contributed by atoms with Crippen LogP contribution in [0.5, 0.6) is 23.0 Å². The molecule has 0 amide bonds. The maximum Gasteiger partial charge on any atom is 0.530 e. The van der Waals surface area contributed by atoms with Crippen LogP contribution in [-0.4, -0.2) is 0 Å². The van der Waals surface area contributed by atoms with Gasteiger partial charge in [0.1, 0.15) is 34.2 Å². The van der Waals surface area contributed by atoms with Crippen LogP contribution in [0.2, 0.25) is 0 Å². The number of hydrogen-bond acceptors (Lipinski definition) is 6. The summed E-state index contributed by atoms with van der Waals surface area (Å²) in [6, 6.07) is 29.1. The molecule has 0 spiro atoms. The Balaban J connectivity index is 1.28. The zero-order valence-electron chi connectivity index (χ0n) is 29.4. The van der Waals surface area contributed by atoms with Crippen LogP contribution in [0.4, 0.5) is 0 Å². The van der Waals surface area contributed by atoms with Crippen LogP contribution in [0.15, 0.2) is 93.3 Å². The van der Waals surface area contributed by atoms with Gasteiger partial charge in [-0.1, -0.05) is 48.5 Å². The van der Waals surface area contributed by atoms with Crippen molar-refractivity contribution >= 4 is 49.6 Å². The van der Waals surface area contributed by atoms with E-state index in [-0.39, 0.29) is 0 Å². The lowest BCUT2D eigenvalue weighted by Crippen LogP contribution is -2.08. The minimum atomic E-state index is -1.91. The lowest BCUT2D eigenvalue weighted by Gasteiger charge is -2.26. The van der Waals surface area contributed by atoms with Crippen molar-refractivity contribution in [1.29, 1.82) is 0 Å². The second-order valence-electron chi connectivity index (χ2n) is 13.4. The molecule has 0 unspecified atom stereocenters. The molecule has 0 saturated carbocycles. The molecule has 0 bridgehead atoms. The van der Waals surface area contributed by atoms with Crippen LogP contribution in [0.1, 0.15) is 44.5 Å². The van der Waals surface area contributed by atoms with Crippen LogP contribution < -0.4 is 18.1 Å². The molecule has 2 heterocycles. The molecule has 7 aromatic rings. The number of fused-ring (bicyclic) bond motifs is 3. The first-order chi connectivity index (χ1) is 24.0. The maximum absolute atomic E-state index is 6.91. The number of aryl methyl sites for hydroxylation is 8. The van der Waals surface area contributed by atoms with Gasteiger partial charge in [0.2, 0.25) is 0 Å². The summed E-state index contributed by atoms with van der Waals surface area (Å²) in [4.78, 5) is 0. The van der Waals surface area contributed by atoms with Gasteiger partial charge in [-0.15, -0.1) is 0 Å². The summed E-state index contributed by atoms with van der Waals surface area (Å²) < 4.78 is 39.8. The summed E-state index contributed by atoms with van der Waals surface area (Å²) >= 11 is 0. The fourth-order valence-corrected chi connectivity index (χ4v) is 9.51. The number of hydrogen-bond donors (Lipinski definition) is 0. The van der Waals surface area contributed by atoms with Crippen LogP contribution in [-0.2, 0) is 0 Å². The van der Waals surface area contributed by atoms with Crippen molar-refractivity contribution in [3.05, 3.63) is 129 Å². The van der Waals surface area contributed by atoms with E-state index in [1.807, 2.05) is 31.2 Å². The average molecular weight is 701 g/mol. The van der Waals surface area contributed by atoms with Crippen molar-refractivity contribution in [2.45, 2.75) is 55.4 Å². The SMILES string of the molecule is Cc1cc(C)c(OP2Oc3cccc4cccc(c34)O2)c(-c2cc(C)cc(C)c2Op2oc3c(C)cc(C)cc3c3cc(C)cc(C)c3o2)c1. The molecule has 8 heteroatoms. The van der Waals surface area contributed by atoms with Crippen LogP contribution in [0, 0.1) is 55.4 Å². The predicted octanol–water partition coefficient (Wildman–Crippen LogP) is 13.5. The number of benzene rings is 6. The fourth-order valence-electron chi connectivity index (χ4n) is 7.10. The third-order valence-electron chi connectivity index (χ3n) is 9.09. The van der Waals surface area contributed by atoms with E-state index in [9.17, 15) is 0 Å². The van der Waals surface area contributed by atoms with Gasteiger partial charge >= 0.3 is 16.8 Å². The van der Waals surface area contributed by atoms with Gasteiger partial charge in [0, 0.05) is 21.9 Å². The van der Waals surface area contributed by atoms with E-state index in [0.29, 0.717) is 11.5 Å². The van der Waals surface area contributed by atoms with Gasteiger partial charge in [0.05, 0.1) is 5.39 Å². The van der Waals surface area contributed by atoms with E-state index in [1.54, 1.807) is 0 Å². The Bertz CT molecular complexity index is 2440. The first-order valence-electron chi connectivity index (χ1n) is 16.7. The van der Waals surface area contributed by atoms with Crippen molar-refractivity contribution in [1.82, 2.24) is 0 Å². The Morgan fingerprint density at radius 3 is 1.42 bits per heavy atom. The van der Waals surface area contributed by atoms with Gasteiger partial charge in [-0.2, -0.15) is 0 Å². The van der Waals surface area contributed by atoms with Gasteiger partial charge in [0.25, 0.3) is 0 Å². The molecule has 0 fully saturated rings. The molecule has 8 rings (SSSR count). The van der Waals surface area contributed by atoms with Crippen LogP contribution in [0.3, 0.4) is 0 Å². The minimum Gasteiger partial charge on any atom is -0.408 e. The largest absolute Gasteiger partial charge is 0.530 e. The third kappa shape index (κ3) is 5.77. The topological polar surface area (TPSA) is 63.2 Å². The Morgan fingerprint density at radius 1 is 0.480 bits per heavy atom. The lowest BCUT2D eigenvalue weighted by molar-refractivity contribution is 0.380. The van der Waals surface area contributed by atoms with Gasteiger partial charge in [-0.05, 0) is 142 Å². The second-order valence-corrected chi connectivity index (χ2v) is 15.4. The highest BCUT2D eigenvalue weighted by Crippen LogP contribution is 2.54. The van der Waals surface area contributed by atoms with E-state index in [1.165, 1.54) is 0 Å². The lowest BCUT2D eigenvalue weighted by atomic mass is 9.95. The number of rotatable bonds is 5. The molecule has 0 radical (unpaired) electrons. The van der Waals surface area contributed by atoms with E-state index in [4.69, 9.17) is 26.5 Å². The van der Waals surface area contributed by atoms with Crippen molar-refractivity contribution in [3.8, 4) is 34.1 Å². The Kier molecular flexibility index (Phi) is 8.06. The average Bonchev–Trinajstić information content (AvgIpc) is 3.21. The van der Waals surface area contributed by atoms with Crippen molar-refractivity contribution < 1.29 is 26.5 Å². The first-order valence-corrected chi connectivity index (χ1v) is 18.9. The molecular weight excluding hydrogens is 662 g/mol. The summed E-state index contributed by atoms with van der Waals surface area (Å²) in [6.07, 6.45) is 0. The van der Waals surface area contributed by atoms with E-state index >= 15 is 0 Å². The third-order valence-corrected chi connectivity index (χ3v) is 11.1. The van der Waals surface area contributed by atoms with Gasteiger partial charge in [0.15, 0.2) is 0 Å². The Hall–Kier alpha value is -4.89. The van der Waals surface area contributed by atoms with Gasteiger partial charge in [-0.25, -0.2) is 0 Å². The summed E-state index contributed by atoms with van der Waals surface area (Å²) in [6.45, 7) is 16.6. The Morgan fingerprint density at radius 2 is 0.920 bits per heavy atom. The molecule has 50 heavy (non-hydrogen) atoms. The molecule has 1 aliphatic rings. The standard InChI is InChI=1S/C42H38O6P2/c1-23-15-27(5)39(45-49-43-36-13-9-11-31-12-10-14-37(44-49)38(31)36)32(19-23)33-20-24(2)16-28(6)40(33)46-50-47-41-29(7)17-25(3)21-34(41)35-22-26(4)18-30(8)42(35)48-50/h9-22H,1-8H3. The van der Waals surface area contributed by atoms with E-state index in [0.717, 1.165) is 99.8 Å². The highest BCUT2D eigenvalue weighted by atomic mass is 31.2. The normalized spacial score (nSPS) is 12.6. The molecular formula is C42H38O6P2. The zero-order chi connectivity index (χ0) is 34.8. The van der Waals surface area contributed by atoms with Crippen molar-refractivity contribution in [3.63, 3.8) is 0 Å². The quantitative estimate of drug-likeness (QED) is 0.167. The predicted molar refractivity (Wildman–Crippen MR) is 205 cm³/mol. The van der Waals surface area contributed by atoms with E-state index < -0.39 is 16.8 Å². The smallest absolute Gasteiger partial charge is 0.408 e. The summed E-state index contributed by atoms with van der Waals surface area (Å²) in [5.41, 5.74) is 11.8. The Labute approximate surface area is 294 Å². The van der Waals surface area contributed by atoms with Gasteiger partial charge < -0.3 is 26.5 Å². The molecule has 6 nitrogen and oxygen atoms in total. The fraction of sp³-hybridized carbons (Fsp3) is 0.190. The molecule has 252 valence electrons. The zero-order valence-corrected chi connectivity index (χ0v) is 31.2. The monoisotopic (exact) mass is 700 g/mol. The summed E-state index contributed by atoms with van der Waals surface area (Å²) in [5.74, 6) is 2.84. The van der Waals surface area contributed by atoms with Crippen molar-refractivity contribution in [2.24, 2.45) is 0 Å². The highest BCUT2D eigenvalue weighted by Gasteiger charge is 2.30. The van der Waals surface area contributed by atoms with Crippen molar-refractivity contribution in [2.75, 3.05) is 0 Å². The summed E-state index contributed by atoms with van der Waals surface area (Å²) in [7, 11) is -3.70. The van der Waals surface area contributed by atoms with Crippen LogP contribution >= 0.6 is 16.8 Å². The second kappa shape index (κ2) is 12.5. The highest BCUT2D eigenvalue weighted by molar-refractivity contribution is 7.43. The van der Waals surface area contributed by atoms with Crippen LogP contribution in [0.25, 0.3) is 43.8 Å². The van der Waals surface area contributed by atoms with Gasteiger partial charge in [-0.3, -0.25) is 0 Å². The maximum atomic E-state index is 6.91. The molecule has 0 saturated heterocycles. The molecule has 1 aromatic heterocycles. The molecule has 1 aliphatic heterocycles. The molecule has 0 aliphatic carbocycles. The van der Waals surface area contributed by atoms with E-state index in [2.05, 4.69) is 109 Å².